The summed E-state index contributed by atoms with van der Waals surface area (Å²) in [7, 11) is 0. The molecule has 1 aromatic carbocycles. The highest BCUT2D eigenvalue weighted by Crippen LogP contribution is 2.29. The van der Waals surface area contributed by atoms with Crippen LogP contribution in [0.15, 0.2) is 42.5 Å². The molecule has 0 saturated heterocycles. The topological polar surface area (TPSA) is 68.0 Å². The second-order valence-corrected chi connectivity index (χ2v) is 3.98. The van der Waals surface area contributed by atoms with Gasteiger partial charge in [0.25, 0.3) is 5.91 Å². The van der Waals surface area contributed by atoms with E-state index in [0.717, 1.165) is 12.1 Å². The first kappa shape index (κ1) is 13.9. The summed E-state index contributed by atoms with van der Waals surface area (Å²) in [6.45, 7) is 0. The minimum atomic E-state index is -4.40. The van der Waals surface area contributed by atoms with Crippen LogP contribution in [0.25, 0.3) is 0 Å². The molecule has 104 valence electrons. The zero-order valence-electron chi connectivity index (χ0n) is 10.1. The van der Waals surface area contributed by atoms with Gasteiger partial charge in [0, 0.05) is 5.69 Å². The van der Waals surface area contributed by atoms with Crippen LogP contribution in [0.2, 0.25) is 0 Å². The van der Waals surface area contributed by atoms with Crippen LogP contribution in [0.3, 0.4) is 0 Å². The molecule has 0 unspecified atom stereocenters. The number of amides is 1. The number of nitrogens with one attached hydrogen (secondary N) is 1. The lowest BCUT2D eigenvalue weighted by Gasteiger charge is -2.08. The van der Waals surface area contributed by atoms with E-state index in [9.17, 15) is 18.0 Å². The van der Waals surface area contributed by atoms with Crippen LogP contribution >= 0.6 is 0 Å². The van der Waals surface area contributed by atoms with E-state index in [1.54, 1.807) is 6.07 Å². The Morgan fingerprint density at radius 2 is 1.75 bits per heavy atom. The fourth-order valence-corrected chi connectivity index (χ4v) is 1.52. The molecule has 0 atom stereocenters. The van der Waals surface area contributed by atoms with Crippen molar-refractivity contribution in [2.45, 2.75) is 6.18 Å². The number of aromatic nitrogens is 1. The van der Waals surface area contributed by atoms with E-state index < -0.39 is 17.6 Å². The lowest BCUT2D eigenvalue weighted by molar-refractivity contribution is -0.137. The Hall–Kier alpha value is -2.57. The molecule has 4 nitrogen and oxygen atoms in total. The fourth-order valence-electron chi connectivity index (χ4n) is 1.52. The summed E-state index contributed by atoms with van der Waals surface area (Å²) in [5.41, 5.74) is 4.99. The van der Waals surface area contributed by atoms with Crippen LogP contribution in [-0.2, 0) is 6.18 Å². The quantitative estimate of drug-likeness (QED) is 0.889. The molecular weight excluding hydrogens is 271 g/mol. The summed E-state index contributed by atoms with van der Waals surface area (Å²) < 4.78 is 37.1. The number of nitrogen functional groups attached to an aromatic ring is 1. The van der Waals surface area contributed by atoms with Gasteiger partial charge in [-0.2, -0.15) is 13.2 Å². The molecule has 0 aliphatic heterocycles. The van der Waals surface area contributed by atoms with Gasteiger partial charge in [-0.05, 0) is 36.4 Å². The maximum atomic E-state index is 12.4. The predicted molar refractivity (Wildman–Crippen MR) is 68.0 cm³/mol. The first-order valence-electron chi connectivity index (χ1n) is 5.57. The molecule has 1 amide bonds. The third kappa shape index (κ3) is 3.25. The average Bonchev–Trinajstić information content (AvgIpc) is 2.38. The van der Waals surface area contributed by atoms with Crippen molar-refractivity contribution in [2.75, 3.05) is 11.1 Å². The van der Waals surface area contributed by atoms with E-state index in [2.05, 4.69) is 10.3 Å². The van der Waals surface area contributed by atoms with Crippen molar-refractivity contribution >= 4 is 17.4 Å². The van der Waals surface area contributed by atoms with E-state index in [-0.39, 0.29) is 17.2 Å². The number of halogens is 3. The summed E-state index contributed by atoms with van der Waals surface area (Å²) in [5.74, 6) is -0.359. The number of anilines is 2. The van der Waals surface area contributed by atoms with Crippen molar-refractivity contribution in [3.8, 4) is 0 Å². The Kier molecular flexibility index (Phi) is 3.60. The van der Waals surface area contributed by atoms with Gasteiger partial charge in [-0.3, -0.25) is 4.79 Å². The van der Waals surface area contributed by atoms with Crippen molar-refractivity contribution < 1.29 is 18.0 Å². The SMILES string of the molecule is Nc1cccc(C(=O)Nc2ccc(C(F)(F)F)cc2)n1. The standard InChI is InChI=1S/C13H10F3N3O/c14-13(15,16)8-4-6-9(7-5-8)18-12(20)10-2-1-3-11(17)19-10/h1-7H,(H2,17,19)(H,18,20). The van der Waals surface area contributed by atoms with Gasteiger partial charge in [0.2, 0.25) is 0 Å². The lowest BCUT2D eigenvalue weighted by Crippen LogP contribution is -2.14. The van der Waals surface area contributed by atoms with Gasteiger partial charge in [-0.25, -0.2) is 4.98 Å². The number of hydrogen-bond donors (Lipinski definition) is 2. The Morgan fingerprint density at radius 3 is 2.30 bits per heavy atom. The van der Waals surface area contributed by atoms with Crippen LogP contribution in [0, 0.1) is 0 Å². The van der Waals surface area contributed by atoms with E-state index >= 15 is 0 Å². The number of hydrogen-bond acceptors (Lipinski definition) is 3. The molecule has 0 bridgehead atoms. The smallest absolute Gasteiger partial charge is 0.384 e. The van der Waals surface area contributed by atoms with Crippen molar-refractivity contribution in [2.24, 2.45) is 0 Å². The first-order chi connectivity index (χ1) is 9.36. The van der Waals surface area contributed by atoms with E-state index in [4.69, 9.17) is 5.73 Å². The van der Waals surface area contributed by atoms with Crippen LogP contribution < -0.4 is 11.1 Å². The van der Waals surface area contributed by atoms with Gasteiger partial charge in [-0.15, -0.1) is 0 Å². The molecule has 0 saturated carbocycles. The molecule has 0 spiro atoms. The lowest BCUT2D eigenvalue weighted by atomic mass is 10.2. The van der Waals surface area contributed by atoms with Gasteiger partial charge < -0.3 is 11.1 Å². The van der Waals surface area contributed by atoms with Gasteiger partial charge in [-0.1, -0.05) is 6.07 Å². The van der Waals surface area contributed by atoms with Gasteiger partial charge in [0.05, 0.1) is 5.56 Å². The second-order valence-electron chi connectivity index (χ2n) is 3.98. The molecule has 1 heterocycles. The number of carbonyl (C=O) groups excluding carboxylic acids is 1. The highest BCUT2D eigenvalue weighted by molar-refractivity contribution is 6.03. The summed E-state index contributed by atoms with van der Waals surface area (Å²) in [6.07, 6.45) is -4.40. The number of nitrogens with two attached hydrogens (primary N) is 1. The third-order valence-electron chi connectivity index (χ3n) is 2.47. The van der Waals surface area contributed by atoms with Crippen molar-refractivity contribution in [1.82, 2.24) is 4.98 Å². The molecule has 1 aromatic heterocycles. The van der Waals surface area contributed by atoms with Gasteiger partial charge in [0.15, 0.2) is 0 Å². The van der Waals surface area contributed by atoms with Gasteiger partial charge in [0.1, 0.15) is 11.5 Å². The van der Waals surface area contributed by atoms with E-state index in [1.165, 1.54) is 24.3 Å². The van der Waals surface area contributed by atoms with Crippen molar-refractivity contribution in [3.05, 3.63) is 53.7 Å². The Morgan fingerprint density at radius 1 is 1.10 bits per heavy atom. The highest BCUT2D eigenvalue weighted by Gasteiger charge is 2.29. The van der Waals surface area contributed by atoms with Gasteiger partial charge >= 0.3 is 6.18 Å². The number of pyridine rings is 1. The molecule has 0 radical (unpaired) electrons. The molecule has 0 aliphatic rings. The molecule has 2 aromatic rings. The highest BCUT2D eigenvalue weighted by atomic mass is 19.4. The largest absolute Gasteiger partial charge is 0.416 e. The van der Waals surface area contributed by atoms with Crippen LogP contribution in [0.5, 0.6) is 0 Å². The minimum Gasteiger partial charge on any atom is -0.384 e. The van der Waals surface area contributed by atoms with Crippen LogP contribution in [0.1, 0.15) is 16.1 Å². The number of alkyl halides is 3. The molecule has 7 heteroatoms. The molecule has 3 N–H and O–H groups in total. The van der Waals surface area contributed by atoms with Crippen LogP contribution in [-0.4, -0.2) is 10.9 Å². The Bertz CT molecular complexity index is 624. The monoisotopic (exact) mass is 281 g/mol. The number of rotatable bonds is 2. The molecule has 0 aliphatic carbocycles. The zero-order chi connectivity index (χ0) is 14.8. The Balaban J connectivity index is 2.12. The summed E-state index contributed by atoms with van der Waals surface area (Å²) in [4.78, 5) is 15.6. The third-order valence-corrected chi connectivity index (χ3v) is 2.47. The molecule has 2 rings (SSSR count). The van der Waals surface area contributed by atoms with E-state index in [1.807, 2.05) is 0 Å². The molecular formula is C13H10F3N3O. The number of carbonyl (C=O) groups is 1. The maximum absolute atomic E-state index is 12.4. The average molecular weight is 281 g/mol. The Labute approximate surface area is 112 Å². The maximum Gasteiger partial charge on any atom is 0.416 e. The predicted octanol–water partition coefficient (Wildman–Crippen LogP) is 2.93. The fraction of sp³-hybridized carbons (Fsp3) is 0.0769. The number of nitrogens with zero attached hydrogens (tertiary/aromatic N) is 1. The summed E-state index contributed by atoms with van der Waals surface area (Å²) in [6, 6.07) is 8.67. The number of benzene rings is 1. The molecule has 20 heavy (non-hydrogen) atoms. The zero-order valence-corrected chi connectivity index (χ0v) is 10.1. The van der Waals surface area contributed by atoms with Crippen LogP contribution in [0.4, 0.5) is 24.7 Å². The minimum absolute atomic E-state index is 0.0879. The molecule has 0 fully saturated rings. The van der Waals surface area contributed by atoms with Crippen molar-refractivity contribution in [1.29, 1.82) is 0 Å². The second kappa shape index (κ2) is 5.20. The van der Waals surface area contributed by atoms with E-state index in [0.29, 0.717) is 0 Å². The summed E-state index contributed by atoms with van der Waals surface area (Å²) in [5, 5.41) is 2.44. The summed E-state index contributed by atoms with van der Waals surface area (Å²) >= 11 is 0. The normalized spacial score (nSPS) is 11.2. The first-order valence-corrected chi connectivity index (χ1v) is 5.57. The van der Waals surface area contributed by atoms with Crippen molar-refractivity contribution in [3.63, 3.8) is 0 Å².